The lowest BCUT2D eigenvalue weighted by molar-refractivity contribution is -0.121. The highest BCUT2D eigenvalue weighted by Gasteiger charge is 2.19. The molecule has 0 fully saturated rings. The first-order valence-electron chi connectivity index (χ1n) is 10.1. The van der Waals surface area contributed by atoms with E-state index in [0.29, 0.717) is 12.1 Å². The van der Waals surface area contributed by atoms with Gasteiger partial charge < -0.3 is 10.1 Å². The fraction of sp³-hybridized carbons (Fsp3) is 0.435. The molecular formula is C23H32N2O4S. The van der Waals surface area contributed by atoms with Gasteiger partial charge in [-0.2, -0.15) is 0 Å². The first kappa shape index (κ1) is 23.7. The molecule has 0 heterocycles. The van der Waals surface area contributed by atoms with E-state index in [1.165, 1.54) is 10.6 Å². The van der Waals surface area contributed by atoms with Gasteiger partial charge in [0.05, 0.1) is 25.1 Å². The van der Waals surface area contributed by atoms with Crippen LogP contribution in [0.3, 0.4) is 0 Å². The fourth-order valence-corrected chi connectivity index (χ4v) is 4.44. The van der Waals surface area contributed by atoms with Gasteiger partial charge in [0.15, 0.2) is 0 Å². The SMILES string of the molecule is CC[C@@H](NC(=O)CCCN(c1cc(C)cc(C)c1)S(C)(=O)=O)c1ccc(OC)cc1. The Kier molecular flexibility index (Phi) is 8.29. The molecule has 0 bridgehead atoms. The minimum atomic E-state index is -3.44. The first-order chi connectivity index (χ1) is 14.1. The van der Waals surface area contributed by atoms with Gasteiger partial charge in [0.2, 0.25) is 15.9 Å². The number of methoxy groups -OCH3 is 1. The van der Waals surface area contributed by atoms with Gasteiger partial charge in [-0.05, 0) is 67.6 Å². The Morgan fingerprint density at radius 1 is 1.10 bits per heavy atom. The van der Waals surface area contributed by atoms with Crippen molar-refractivity contribution in [1.29, 1.82) is 0 Å². The standard InChI is InChI=1S/C23H32N2O4S/c1-6-22(19-9-11-21(29-4)12-10-19)24-23(26)8-7-13-25(30(5,27)28)20-15-17(2)14-18(3)16-20/h9-12,14-16,22H,6-8,13H2,1-5H3,(H,24,26)/t22-/m1/s1. The topological polar surface area (TPSA) is 75.7 Å². The molecule has 2 aromatic rings. The molecule has 2 rings (SSSR count). The number of hydrogen-bond donors (Lipinski definition) is 1. The van der Waals surface area contributed by atoms with Crippen LogP contribution in [0.1, 0.15) is 48.9 Å². The fourth-order valence-electron chi connectivity index (χ4n) is 3.49. The van der Waals surface area contributed by atoms with Crippen molar-refractivity contribution >= 4 is 21.6 Å². The van der Waals surface area contributed by atoms with Gasteiger partial charge in [-0.25, -0.2) is 8.42 Å². The van der Waals surface area contributed by atoms with E-state index in [1.807, 2.05) is 63.2 Å². The number of nitrogens with one attached hydrogen (secondary N) is 1. The van der Waals surface area contributed by atoms with Crippen LogP contribution in [0, 0.1) is 13.8 Å². The zero-order valence-corrected chi connectivity index (χ0v) is 19.3. The Morgan fingerprint density at radius 2 is 1.70 bits per heavy atom. The van der Waals surface area contributed by atoms with Crippen LogP contribution >= 0.6 is 0 Å². The second kappa shape index (κ2) is 10.5. The van der Waals surface area contributed by atoms with E-state index in [1.54, 1.807) is 7.11 Å². The van der Waals surface area contributed by atoms with E-state index in [4.69, 9.17) is 4.74 Å². The Balaban J connectivity index is 1.99. The lowest BCUT2D eigenvalue weighted by Gasteiger charge is -2.23. The van der Waals surface area contributed by atoms with Crippen molar-refractivity contribution in [2.45, 2.75) is 46.1 Å². The zero-order valence-electron chi connectivity index (χ0n) is 18.4. The van der Waals surface area contributed by atoms with E-state index >= 15 is 0 Å². The third-order valence-electron chi connectivity index (χ3n) is 4.92. The van der Waals surface area contributed by atoms with Gasteiger partial charge in [0, 0.05) is 13.0 Å². The van der Waals surface area contributed by atoms with Gasteiger partial charge in [-0.1, -0.05) is 25.1 Å². The predicted molar refractivity (Wildman–Crippen MR) is 122 cm³/mol. The van der Waals surface area contributed by atoms with E-state index in [9.17, 15) is 13.2 Å². The van der Waals surface area contributed by atoms with Crippen molar-refractivity contribution in [3.8, 4) is 5.75 Å². The van der Waals surface area contributed by atoms with E-state index in [2.05, 4.69) is 5.32 Å². The number of amides is 1. The molecule has 6 nitrogen and oxygen atoms in total. The molecule has 164 valence electrons. The summed E-state index contributed by atoms with van der Waals surface area (Å²) < 4.78 is 31.2. The summed E-state index contributed by atoms with van der Waals surface area (Å²) in [6.45, 7) is 6.15. The van der Waals surface area contributed by atoms with E-state index < -0.39 is 10.0 Å². The Hall–Kier alpha value is -2.54. The Labute approximate surface area is 180 Å². The smallest absolute Gasteiger partial charge is 0.232 e. The van der Waals surface area contributed by atoms with E-state index in [0.717, 1.165) is 28.9 Å². The van der Waals surface area contributed by atoms with Crippen LogP contribution in [0.15, 0.2) is 42.5 Å². The molecule has 30 heavy (non-hydrogen) atoms. The number of carbonyl (C=O) groups excluding carboxylic acids is 1. The Bertz CT molecular complexity index is 935. The molecule has 0 saturated carbocycles. The summed E-state index contributed by atoms with van der Waals surface area (Å²) in [4.78, 5) is 12.5. The summed E-state index contributed by atoms with van der Waals surface area (Å²) in [5.74, 6) is 0.679. The number of aryl methyl sites for hydroxylation is 2. The largest absolute Gasteiger partial charge is 0.497 e. The van der Waals surface area contributed by atoms with Crippen LogP contribution in [0.25, 0.3) is 0 Å². The zero-order chi connectivity index (χ0) is 22.3. The molecule has 0 radical (unpaired) electrons. The molecule has 0 aromatic heterocycles. The summed E-state index contributed by atoms with van der Waals surface area (Å²) in [7, 11) is -1.82. The molecule has 1 atom stereocenters. The number of hydrogen-bond acceptors (Lipinski definition) is 4. The monoisotopic (exact) mass is 432 g/mol. The van der Waals surface area contributed by atoms with Crippen molar-refractivity contribution in [2.75, 3.05) is 24.2 Å². The highest BCUT2D eigenvalue weighted by molar-refractivity contribution is 7.92. The second-order valence-corrected chi connectivity index (χ2v) is 9.49. The number of anilines is 1. The molecule has 2 aromatic carbocycles. The molecule has 1 N–H and O–H groups in total. The normalized spacial score (nSPS) is 12.3. The van der Waals surface area contributed by atoms with Crippen molar-refractivity contribution in [3.05, 3.63) is 59.2 Å². The molecule has 0 saturated heterocycles. The molecule has 7 heteroatoms. The van der Waals surface area contributed by atoms with Crippen LogP contribution in [-0.4, -0.2) is 34.2 Å². The molecule has 0 aliphatic heterocycles. The quantitative estimate of drug-likeness (QED) is 0.613. The van der Waals surface area contributed by atoms with Crippen LogP contribution in [0.2, 0.25) is 0 Å². The third kappa shape index (κ3) is 6.76. The highest BCUT2D eigenvalue weighted by Crippen LogP contribution is 2.23. The molecule has 1 amide bonds. The maximum absolute atomic E-state index is 12.5. The minimum Gasteiger partial charge on any atom is -0.497 e. The molecular weight excluding hydrogens is 400 g/mol. The summed E-state index contributed by atoms with van der Waals surface area (Å²) in [6.07, 6.45) is 2.64. The van der Waals surface area contributed by atoms with Crippen molar-refractivity contribution < 1.29 is 17.9 Å². The van der Waals surface area contributed by atoms with E-state index in [-0.39, 0.29) is 24.9 Å². The van der Waals surface area contributed by atoms with Gasteiger partial charge in [-0.3, -0.25) is 9.10 Å². The number of ether oxygens (including phenoxy) is 1. The van der Waals surface area contributed by atoms with Gasteiger partial charge in [0.25, 0.3) is 0 Å². The summed E-state index contributed by atoms with van der Waals surface area (Å²) in [6, 6.07) is 13.2. The number of rotatable bonds is 10. The molecule has 0 aliphatic rings. The molecule has 0 unspecified atom stereocenters. The van der Waals surface area contributed by atoms with Crippen molar-refractivity contribution in [2.24, 2.45) is 0 Å². The molecule has 0 aliphatic carbocycles. The van der Waals surface area contributed by atoms with Crippen molar-refractivity contribution in [1.82, 2.24) is 5.32 Å². The first-order valence-corrected chi connectivity index (χ1v) is 12.0. The average molecular weight is 433 g/mol. The van der Waals surface area contributed by atoms with Crippen LogP contribution in [0.5, 0.6) is 5.75 Å². The summed E-state index contributed by atoms with van der Waals surface area (Å²) in [5, 5.41) is 3.04. The lowest BCUT2D eigenvalue weighted by atomic mass is 10.0. The third-order valence-corrected chi connectivity index (χ3v) is 6.12. The summed E-state index contributed by atoms with van der Waals surface area (Å²) in [5.41, 5.74) is 3.66. The second-order valence-electron chi connectivity index (χ2n) is 7.59. The van der Waals surface area contributed by atoms with Crippen LogP contribution in [0.4, 0.5) is 5.69 Å². The number of carbonyl (C=O) groups is 1. The van der Waals surface area contributed by atoms with Crippen LogP contribution < -0.4 is 14.4 Å². The van der Waals surface area contributed by atoms with Crippen molar-refractivity contribution in [3.63, 3.8) is 0 Å². The summed E-state index contributed by atoms with van der Waals surface area (Å²) >= 11 is 0. The Morgan fingerprint density at radius 3 is 2.20 bits per heavy atom. The maximum atomic E-state index is 12.5. The van der Waals surface area contributed by atoms with Gasteiger partial charge in [-0.15, -0.1) is 0 Å². The number of nitrogens with zero attached hydrogens (tertiary/aromatic N) is 1. The minimum absolute atomic E-state index is 0.0890. The van der Waals surface area contributed by atoms with Gasteiger partial charge in [0.1, 0.15) is 5.75 Å². The number of benzene rings is 2. The maximum Gasteiger partial charge on any atom is 0.232 e. The lowest BCUT2D eigenvalue weighted by Crippen LogP contribution is -2.33. The average Bonchev–Trinajstić information content (AvgIpc) is 2.67. The van der Waals surface area contributed by atoms with Gasteiger partial charge >= 0.3 is 0 Å². The van der Waals surface area contributed by atoms with Crippen LogP contribution in [-0.2, 0) is 14.8 Å². The number of sulfonamides is 1. The highest BCUT2D eigenvalue weighted by atomic mass is 32.2. The predicted octanol–water partition coefficient (Wildman–Crippen LogP) is 4.13. The molecule has 0 spiro atoms.